The molecule has 0 bridgehead atoms. The molecule has 0 aliphatic rings. The van der Waals surface area contributed by atoms with E-state index < -0.39 is 5.91 Å². The molecule has 104 valence electrons. The molecule has 0 unspecified atom stereocenters. The summed E-state index contributed by atoms with van der Waals surface area (Å²) < 4.78 is 1.78. The number of anilines is 1. The lowest BCUT2D eigenvalue weighted by Gasteiger charge is -2.08. The third-order valence-electron chi connectivity index (χ3n) is 3.06. The van der Waals surface area contributed by atoms with Crippen molar-refractivity contribution in [3.05, 3.63) is 60.6 Å². The van der Waals surface area contributed by atoms with Crippen LogP contribution in [-0.4, -0.2) is 20.4 Å². The summed E-state index contributed by atoms with van der Waals surface area (Å²) in [5.41, 5.74) is 13.0. The SMILES string of the molecule is NC(=O)c1ccnc(-n2ccnc2-c2cccc(N)c2)c1. The van der Waals surface area contributed by atoms with Crippen LogP contribution in [0.2, 0.25) is 0 Å². The van der Waals surface area contributed by atoms with Crippen LogP contribution < -0.4 is 11.5 Å². The van der Waals surface area contributed by atoms with Crippen LogP contribution in [0, 0.1) is 0 Å². The van der Waals surface area contributed by atoms with Crippen LogP contribution in [0.1, 0.15) is 10.4 Å². The van der Waals surface area contributed by atoms with Crippen LogP contribution in [0.15, 0.2) is 55.0 Å². The van der Waals surface area contributed by atoms with Gasteiger partial charge in [0.25, 0.3) is 0 Å². The molecule has 3 aromatic rings. The first-order chi connectivity index (χ1) is 10.1. The van der Waals surface area contributed by atoms with Gasteiger partial charge in [0.2, 0.25) is 5.91 Å². The summed E-state index contributed by atoms with van der Waals surface area (Å²) in [6.45, 7) is 0. The van der Waals surface area contributed by atoms with Crippen LogP contribution in [0.4, 0.5) is 5.69 Å². The molecule has 2 heterocycles. The van der Waals surface area contributed by atoms with Crippen molar-refractivity contribution in [2.75, 3.05) is 5.73 Å². The number of pyridine rings is 1. The maximum atomic E-state index is 11.3. The number of carbonyl (C=O) groups excluding carboxylic acids is 1. The Bertz CT molecular complexity index is 809. The summed E-state index contributed by atoms with van der Waals surface area (Å²) in [5, 5.41) is 0. The Hall–Kier alpha value is -3.15. The van der Waals surface area contributed by atoms with Crippen LogP contribution in [-0.2, 0) is 0 Å². The van der Waals surface area contributed by atoms with Crippen molar-refractivity contribution in [2.45, 2.75) is 0 Å². The molecule has 6 nitrogen and oxygen atoms in total. The van der Waals surface area contributed by atoms with Gasteiger partial charge in [-0.15, -0.1) is 0 Å². The highest BCUT2D eigenvalue weighted by Crippen LogP contribution is 2.22. The van der Waals surface area contributed by atoms with E-state index in [1.165, 1.54) is 0 Å². The van der Waals surface area contributed by atoms with Gasteiger partial charge in [-0.25, -0.2) is 9.97 Å². The number of nitrogens with two attached hydrogens (primary N) is 2. The number of nitrogen functional groups attached to an aromatic ring is 1. The van der Waals surface area contributed by atoms with Gasteiger partial charge in [0.1, 0.15) is 11.6 Å². The predicted octanol–water partition coefficient (Wildman–Crippen LogP) is 1.62. The number of primary amides is 1. The van der Waals surface area contributed by atoms with E-state index in [-0.39, 0.29) is 0 Å². The van der Waals surface area contributed by atoms with Crippen molar-refractivity contribution in [1.82, 2.24) is 14.5 Å². The smallest absolute Gasteiger partial charge is 0.248 e. The largest absolute Gasteiger partial charge is 0.399 e. The molecule has 0 aliphatic heterocycles. The highest BCUT2D eigenvalue weighted by atomic mass is 16.1. The minimum Gasteiger partial charge on any atom is -0.399 e. The van der Waals surface area contributed by atoms with E-state index >= 15 is 0 Å². The van der Waals surface area contributed by atoms with E-state index in [2.05, 4.69) is 9.97 Å². The quantitative estimate of drug-likeness (QED) is 0.711. The van der Waals surface area contributed by atoms with Gasteiger partial charge < -0.3 is 11.5 Å². The summed E-state index contributed by atoms with van der Waals surface area (Å²) in [6, 6.07) is 10.6. The molecule has 0 aliphatic carbocycles. The Morgan fingerprint density at radius 3 is 2.71 bits per heavy atom. The van der Waals surface area contributed by atoms with Crippen molar-refractivity contribution >= 4 is 11.6 Å². The Labute approximate surface area is 121 Å². The molecule has 1 amide bonds. The van der Waals surface area contributed by atoms with E-state index in [1.807, 2.05) is 24.3 Å². The fraction of sp³-hybridized carbons (Fsp3) is 0. The summed E-state index contributed by atoms with van der Waals surface area (Å²) in [7, 11) is 0. The van der Waals surface area contributed by atoms with Gasteiger partial charge >= 0.3 is 0 Å². The number of rotatable bonds is 3. The highest BCUT2D eigenvalue weighted by molar-refractivity contribution is 5.93. The van der Waals surface area contributed by atoms with E-state index in [9.17, 15) is 4.79 Å². The van der Waals surface area contributed by atoms with Gasteiger partial charge in [-0.1, -0.05) is 12.1 Å². The zero-order valence-corrected chi connectivity index (χ0v) is 11.1. The highest BCUT2D eigenvalue weighted by Gasteiger charge is 2.10. The average molecular weight is 279 g/mol. The summed E-state index contributed by atoms with van der Waals surface area (Å²) in [5.74, 6) is 0.766. The number of hydrogen-bond donors (Lipinski definition) is 2. The Morgan fingerprint density at radius 2 is 1.95 bits per heavy atom. The zero-order chi connectivity index (χ0) is 14.8. The van der Waals surface area contributed by atoms with Crippen LogP contribution in [0.25, 0.3) is 17.2 Å². The van der Waals surface area contributed by atoms with E-state index in [0.29, 0.717) is 22.9 Å². The van der Waals surface area contributed by atoms with Crippen molar-refractivity contribution < 1.29 is 4.79 Å². The fourth-order valence-corrected chi connectivity index (χ4v) is 2.08. The normalized spacial score (nSPS) is 10.5. The fourth-order valence-electron chi connectivity index (χ4n) is 2.08. The van der Waals surface area contributed by atoms with Gasteiger partial charge in [-0.3, -0.25) is 9.36 Å². The molecule has 21 heavy (non-hydrogen) atoms. The van der Waals surface area contributed by atoms with E-state index in [1.54, 1.807) is 35.3 Å². The maximum Gasteiger partial charge on any atom is 0.248 e. The minimum absolute atomic E-state index is 0.396. The Morgan fingerprint density at radius 1 is 1.10 bits per heavy atom. The predicted molar refractivity (Wildman–Crippen MR) is 79.7 cm³/mol. The monoisotopic (exact) mass is 279 g/mol. The van der Waals surface area contributed by atoms with Gasteiger partial charge in [0, 0.05) is 35.4 Å². The molecular weight excluding hydrogens is 266 g/mol. The molecule has 4 N–H and O–H groups in total. The number of aromatic nitrogens is 3. The van der Waals surface area contributed by atoms with Crippen LogP contribution in [0.3, 0.4) is 0 Å². The number of benzene rings is 1. The van der Waals surface area contributed by atoms with Crippen molar-refractivity contribution in [2.24, 2.45) is 5.73 Å². The first-order valence-electron chi connectivity index (χ1n) is 6.30. The third kappa shape index (κ3) is 2.46. The summed E-state index contributed by atoms with van der Waals surface area (Å²) in [4.78, 5) is 19.9. The number of carbonyl (C=O) groups is 1. The molecule has 0 saturated heterocycles. The lowest BCUT2D eigenvalue weighted by molar-refractivity contribution is 0.1000. The van der Waals surface area contributed by atoms with Crippen LogP contribution in [0.5, 0.6) is 0 Å². The molecule has 0 atom stereocenters. The second-order valence-electron chi connectivity index (χ2n) is 4.51. The first-order valence-corrected chi connectivity index (χ1v) is 6.30. The number of amides is 1. The second-order valence-corrected chi connectivity index (χ2v) is 4.51. The molecular formula is C15H13N5O. The van der Waals surface area contributed by atoms with Crippen molar-refractivity contribution in [3.63, 3.8) is 0 Å². The Balaban J connectivity index is 2.11. The standard InChI is InChI=1S/C15H13N5O/c16-12-3-1-2-11(8-12)15-19-6-7-20(15)13-9-10(14(17)21)4-5-18-13/h1-9H,16H2,(H2,17,21). The first kappa shape index (κ1) is 12.9. The van der Waals surface area contributed by atoms with Crippen molar-refractivity contribution in [3.8, 4) is 17.2 Å². The number of nitrogens with zero attached hydrogens (tertiary/aromatic N) is 3. The molecule has 0 spiro atoms. The van der Waals surface area contributed by atoms with Crippen molar-refractivity contribution in [1.29, 1.82) is 0 Å². The molecule has 2 aromatic heterocycles. The molecule has 6 heteroatoms. The topological polar surface area (TPSA) is 99.8 Å². The Kier molecular flexibility index (Phi) is 3.12. The van der Waals surface area contributed by atoms with Crippen LogP contribution >= 0.6 is 0 Å². The molecule has 0 fully saturated rings. The van der Waals surface area contributed by atoms with Gasteiger partial charge in [0.05, 0.1) is 0 Å². The van der Waals surface area contributed by atoms with Gasteiger partial charge in [-0.05, 0) is 24.3 Å². The third-order valence-corrected chi connectivity index (χ3v) is 3.06. The summed E-state index contributed by atoms with van der Waals surface area (Å²) in [6.07, 6.45) is 4.97. The number of imidazole rings is 1. The van der Waals surface area contributed by atoms with E-state index in [4.69, 9.17) is 11.5 Å². The minimum atomic E-state index is -0.496. The molecule has 0 radical (unpaired) electrons. The summed E-state index contributed by atoms with van der Waals surface area (Å²) >= 11 is 0. The van der Waals surface area contributed by atoms with E-state index in [0.717, 1.165) is 5.56 Å². The molecule has 1 aromatic carbocycles. The molecule has 3 rings (SSSR count). The lowest BCUT2D eigenvalue weighted by atomic mass is 10.2. The zero-order valence-electron chi connectivity index (χ0n) is 11.1. The maximum absolute atomic E-state index is 11.3. The average Bonchev–Trinajstić information content (AvgIpc) is 2.97. The van der Waals surface area contributed by atoms with Gasteiger partial charge in [0.15, 0.2) is 0 Å². The van der Waals surface area contributed by atoms with Gasteiger partial charge in [-0.2, -0.15) is 0 Å². The number of hydrogen-bond acceptors (Lipinski definition) is 4. The second kappa shape index (κ2) is 5.09. The lowest BCUT2D eigenvalue weighted by Crippen LogP contribution is -2.12. The molecule has 0 saturated carbocycles.